The van der Waals surface area contributed by atoms with Crippen molar-refractivity contribution >= 4 is 11.8 Å². The minimum Gasteiger partial charge on any atom is -0.352 e. The van der Waals surface area contributed by atoms with Crippen LogP contribution in [-0.4, -0.2) is 24.4 Å². The summed E-state index contributed by atoms with van der Waals surface area (Å²) in [5.41, 5.74) is 0.400. The molecule has 13 heavy (non-hydrogen) atoms. The second kappa shape index (κ2) is 5.35. The van der Waals surface area contributed by atoms with Gasteiger partial charge in [0.2, 0.25) is 11.8 Å². The number of carbonyl (C=O) groups excluding carboxylic acids is 2. The quantitative estimate of drug-likeness (QED) is 0.613. The molecule has 0 aliphatic heterocycles. The molecule has 0 spiro atoms. The number of nitrogens with one attached hydrogen (secondary N) is 2. The topological polar surface area (TPSA) is 58.2 Å². The smallest absolute Gasteiger partial charge is 0.246 e. The van der Waals surface area contributed by atoms with Crippen molar-refractivity contribution in [1.82, 2.24) is 10.6 Å². The van der Waals surface area contributed by atoms with Gasteiger partial charge in [-0.3, -0.25) is 9.59 Å². The zero-order valence-electron chi connectivity index (χ0n) is 8.31. The molecule has 0 aliphatic rings. The molecule has 0 aliphatic carbocycles. The molecule has 0 heterocycles. The molecule has 0 saturated heterocycles. The molecule has 0 aromatic carbocycles. The van der Waals surface area contributed by atoms with E-state index in [2.05, 4.69) is 17.2 Å². The zero-order chi connectivity index (χ0) is 10.4. The van der Waals surface area contributed by atoms with E-state index in [9.17, 15) is 9.59 Å². The van der Waals surface area contributed by atoms with Crippen LogP contribution in [0.15, 0.2) is 12.2 Å². The lowest BCUT2D eigenvalue weighted by Gasteiger charge is -2.08. The minimum absolute atomic E-state index is 0.00384. The Bertz CT molecular complexity index is 222. The number of carbonyl (C=O) groups is 2. The lowest BCUT2D eigenvalue weighted by molar-refractivity contribution is -0.124. The van der Waals surface area contributed by atoms with E-state index in [1.807, 2.05) is 13.8 Å². The van der Waals surface area contributed by atoms with Crippen molar-refractivity contribution in [2.24, 2.45) is 0 Å². The Kier molecular flexibility index (Phi) is 4.80. The SMILES string of the molecule is C=C(C)C(=O)NCC(=O)NC(C)C. The molecule has 2 amide bonds. The highest BCUT2D eigenvalue weighted by Gasteiger charge is 2.05. The number of rotatable bonds is 4. The van der Waals surface area contributed by atoms with Gasteiger partial charge in [-0.25, -0.2) is 0 Å². The van der Waals surface area contributed by atoms with Crippen molar-refractivity contribution in [1.29, 1.82) is 0 Å². The summed E-state index contributed by atoms with van der Waals surface area (Å²) in [5, 5.41) is 5.09. The van der Waals surface area contributed by atoms with Crippen LogP contribution in [0.25, 0.3) is 0 Å². The Hall–Kier alpha value is -1.32. The maximum atomic E-state index is 11.0. The van der Waals surface area contributed by atoms with Crippen LogP contribution in [0.4, 0.5) is 0 Å². The van der Waals surface area contributed by atoms with Crippen LogP contribution >= 0.6 is 0 Å². The van der Waals surface area contributed by atoms with Crippen molar-refractivity contribution in [3.05, 3.63) is 12.2 Å². The van der Waals surface area contributed by atoms with Crippen molar-refractivity contribution in [2.75, 3.05) is 6.54 Å². The Morgan fingerprint density at radius 3 is 2.31 bits per heavy atom. The van der Waals surface area contributed by atoms with Gasteiger partial charge in [-0.15, -0.1) is 0 Å². The molecule has 4 heteroatoms. The van der Waals surface area contributed by atoms with E-state index >= 15 is 0 Å². The van der Waals surface area contributed by atoms with Crippen LogP contribution in [-0.2, 0) is 9.59 Å². The lowest BCUT2D eigenvalue weighted by atomic mass is 10.3. The zero-order valence-corrected chi connectivity index (χ0v) is 8.31. The summed E-state index contributed by atoms with van der Waals surface area (Å²) >= 11 is 0. The van der Waals surface area contributed by atoms with Gasteiger partial charge >= 0.3 is 0 Å². The third-order valence-electron chi connectivity index (χ3n) is 1.25. The predicted molar refractivity (Wildman–Crippen MR) is 51.1 cm³/mol. The maximum Gasteiger partial charge on any atom is 0.246 e. The van der Waals surface area contributed by atoms with Crippen LogP contribution in [0, 0.1) is 0 Å². The highest BCUT2D eigenvalue weighted by atomic mass is 16.2. The first-order valence-electron chi connectivity index (χ1n) is 4.16. The minimum atomic E-state index is -0.293. The lowest BCUT2D eigenvalue weighted by Crippen LogP contribution is -2.39. The van der Waals surface area contributed by atoms with Crippen molar-refractivity contribution in [2.45, 2.75) is 26.8 Å². The van der Waals surface area contributed by atoms with E-state index in [-0.39, 0.29) is 24.4 Å². The average molecular weight is 184 g/mol. The third kappa shape index (κ3) is 5.90. The fourth-order valence-corrected chi connectivity index (χ4v) is 0.684. The molecule has 74 valence electrons. The van der Waals surface area contributed by atoms with E-state index in [4.69, 9.17) is 0 Å². The molecular formula is C9H16N2O2. The number of hydrogen-bond donors (Lipinski definition) is 2. The summed E-state index contributed by atoms with van der Waals surface area (Å²) in [5.74, 6) is -0.483. The number of hydrogen-bond acceptors (Lipinski definition) is 2. The molecule has 0 fully saturated rings. The Labute approximate surface area is 78.4 Å². The molecule has 0 radical (unpaired) electrons. The van der Waals surface area contributed by atoms with Crippen LogP contribution < -0.4 is 10.6 Å². The van der Waals surface area contributed by atoms with Gasteiger partial charge in [0.15, 0.2) is 0 Å². The fraction of sp³-hybridized carbons (Fsp3) is 0.556. The van der Waals surface area contributed by atoms with Gasteiger partial charge in [0.25, 0.3) is 0 Å². The fourth-order valence-electron chi connectivity index (χ4n) is 0.684. The maximum absolute atomic E-state index is 11.0. The van der Waals surface area contributed by atoms with E-state index in [1.165, 1.54) is 0 Å². The summed E-state index contributed by atoms with van der Waals surface area (Å²) < 4.78 is 0. The summed E-state index contributed by atoms with van der Waals surface area (Å²) in [6, 6.07) is 0.0919. The Morgan fingerprint density at radius 2 is 1.92 bits per heavy atom. The highest BCUT2D eigenvalue weighted by molar-refractivity contribution is 5.94. The molecule has 0 saturated carbocycles. The van der Waals surface area contributed by atoms with Gasteiger partial charge in [0.05, 0.1) is 6.54 Å². The first-order chi connectivity index (χ1) is 5.93. The van der Waals surface area contributed by atoms with Crippen molar-refractivity contribution in [3.63, 3.8) is 0 Å². The van der Waals surface area contributed by atoms with Crippen LogP contribution in [0.3, 0.4) is 0 Å². The standard InChI is InChI=1S/C9H16N2O2/c1-6(2)9(13)10-5-8(12)11-7(3)4/h7H,1,5H2,2-4H3,(H,10,13)(H,11,12). The molecule has 0 unspecified atom stereocenters. The van der Waals surface area contributed by atoms with E-state index in [0.717, 1.165) is 0 Å². The average Bonchev–Trinajstić information content (AvgIpc) is 1.98. The van der Waals surface area contributed by atoms with Crippen LogP contribution in [0.2, 0.25) is 0 Å². The largest absolute Gasteiger partial charge is 0.352 e. The van der Waals surface area contributed by atoms with Crippen molar-refractivity contribution in [3.8, 4) is 0 Å². The molecule has 0 rings (SSSR count). The second-order valence-electron chi connectivity index (χ2n) is 3.19. The predicted octanol–water partition coefficient (Wildman–Crippen LogP) is 0.203. The molecule has 2 N–H and O–H groups in total. The summed E-state index contributed by atoms with van der Waals surface area (Å²) in [7, 11) is 0. The Balaban J connectivity index is 3.71. The molecule has 0 atom stereocenters. The van der Waals surface area contributed by atoms with E-state index in [1.54, 1.807) is 6.92 Å². The van der Waals surface area contributed by atoms with Crippen molar-refractivity contribution < 1.29 is 9.59 Å². The Morgan fingerprint density at radius 1 is 1.38 bits per heavy atom. The van der Waals surface area contributed by atoms with Gasteiger partial charge in [0, 0.05) is 11.6 Å². The van der Waals surface area contributed by atoms with Crippen LogP contribution in [0.5, 0.6) is 0 Å². The van der Waals surface area contributed by atoms with Gasteiger partial charge in [0.1, 0.15) is 0 Å². The van der Waals surface area contributed by atoms with Gasteiger partial charge in [-0.2, -0.15) is 0 Å². The first-order valence-corrected chi connectivity index (χ1v) is 4.16. The highest BCUT2D eigenvalue weighted by Crippen LogP contribution is 1.84. The molecule has 0 aromatic rings. The van der Waals surface area contributed by atoms with E-state index in [0.29, 0.717) is 5.57 Å². The molecule has 4 nitrogen and oxygen atoms in total. The van der Waals surface area contributed by atoms with Gasteiger partial charge < -0.3 is 10.6 Å². The van der Waals surface area contributed by atoms with Crippen LogP contribution in [0.1, 0.15) is 20.8 Å². The molecule has 0 bridgehead atoms. The molecular weight excluding hydrogens is 168 g/mol. The molecule has 0 aromatic heterocycles. The summed E-state index contributed by atoms with van der Waals surface area (Å²) in [6.07, 6.45) is 0. The normalized spacial score (nSPS) is 9.54. The second-order valence-corrected chi connectivity index (χ2v) is 3.19. The number of amides is 2. The summed E-state index contributed by atoms with van der Waals surface area (Å²) in [6.45, 7) is 8.77. The third-order valence-corrected chi connectivity index (χ3v) is 1.25. The summed E-state index contributed by atoms with van der Waals surface area (Å²) in [4.78, 5) is 22.0. The monoisotopic (exact) mass is 184 g/mol. The van der Waals surface area contributed by atoms with Gasteiger partial charge in [-0.05, 0) is 20.8 Å². The van der Waals surface area contributed by atoms with E-state index < -0.39 is 0 Å². The van der Waals surface area contributed by atoms with Gasteiger partial charge in [-0.1, -0.05) is 6.58 Å². The first kappa shape index (κ1) is 11.7.